The standard InChI is InChI=1S/C15H23NO11S/c17-6-10-11(18)13(27-28(21,22)23)12(19)15(26-10)24-4-3-16-14(20)8-5-7-1-2-9(8)25-7/h1-2,7-13,15,17-19H,3-6H2,(H,16,20)(H,21,22,23)/t7-,8-,9+,10+,11-,12+,13-,15+/m0/s1. The molecule has 2 bridgehead atoms. The summed E-state index contributed by atoms with van der Waals surface area (Å²) in [5.74, 6) is -0.491. The number of carbonyl (C=O) groups is 1. The maximum atomic E-state index is 12.2. The van der Waals surface area contributed by atoms with Crippen molar-refractivity contribution in [1.29, 1.82) is 0 Å². The van der Waals surface area contributed by atoms with Crippen molar-refractivity contribution in [3.63, 3.8) is 0 Å². The maximum Gasteiger partial charge on any atom is 0.397 e. The van der Waals surface area contributed by atoms with Gasteiger partial charge in [0.15, 0.2) is 6.29 Å². The van der Waals surface area contributed by atoms with Crippen molar-refractivity contribution in [2.75, 3.05) is 19.8 Å². The van der Waals surface area contributed by atoms with E-state index in [-0.39, 0.29) is 37.2 Å². The minimum Gasteiger partial charge on any atom is -0.394 e. The number of nitrogens with one attached hydrogen (secondary N) is 1. The van der Waals surface area contributed by atoms with Gasteiger partial charge in [0.1, 0.15) is 24.4 Å². The zero-order chi connectivity index (χ0) is 20.5. The van der Waals surface area contributed by atoms with Crippen molar-refractivity contribution in [2.45, 2.75) is 49.3 Å². The lowest BCUT2D eigenvalue weighted by molar-refractivity contribution is -0.296. The molecule has 0 saturated carbocycles. The molecule has 3 heterocycles. The van der Waals surface area contributed by atoms with Crippen LogP contribution >= 0.6 is 0 Å². The quantitative estimate of drug-likeness (QED) is 0.153. The number of hydrogen-bond acceptors (Lipinski definition) is 10. The third kappa shape index (κ3) is 4.87. The van der Waals surface area contributed by atoms with E-state index in [2.05, 4.69) is 9.50 Å². The summed E-state index contributed by atoms with van der Waals surface area (Å²) in [6.45, 7) is -0.759. The second kappa shape index (κ2) is 8.69. The lowest BCUT2D eigenvalue weighted by Crippen LogP contribution is -2.60. The molecule has 5 N–H and O–H groups in total. The maximum absolute atomic E-state index is 12.2. The van der Waals surface area contributed by atoms with Crippen molar-refractivity contribution in [2.24, 2.45) is 5.92 Å². The summed E-state index contributed by atoms with van der Waals surface area (Å²) in [6.07, 6.45) is -4.00. The first kappa shape index (κ1) is 21.5. The minimum atomic E-state index is -4.98. The number of ether oxygens (including phenoxy) is 3. The molecule has 2 saturated heterocycles. The third-order valence-corrected chi connectivity index (χ3v) is 5.27. The van der Waals surface area contributed by atoms with Gasteiger partial charge >= 0.3 is 10.4 Å². The van der Waals surface area contributed by atoms with Crippen LogP contribution in [0.1, 0.15) is 6.42 Å². The molecule has 3 aliphatic rings. The largest absolute Gasteiger partial charge is 0.397 e. The molecular formula is C15H23NO11S. The van der Waals surface area contributed by atoms with E-state index in [4.69, 9.17) is 18.8 Å². The van der Waals surface area contributed by atoms with Crippen LogP contribution in [0.5, 0.6) is 0 Å². The number of aliphatic hydroxyl groups excluding tert-OH is 3. The van der Waals surface area contributed by atoms with Gasteiger partial charge in [0.25, 0.3) is 0 Å². The molecule has 0 aromatic carbocycles. The Morgan fingerprint density at radius 3 is 2.54 bits per heavy atom. The lowest BCUT2D eigenvalue weighted by atomic mass is 9.93. The van der Waals surface area contributed by atoms with Crippen molar-refractivity contribution in [3.8, 4) is 0 Å². The average Bonchev–Trinajstić information content (AvgIpc) is 3.26. The summed E-state index contributed by atoms with van der Waals surface area (Å²) >= 11 is 0. The zero-order valence-corrected chi connectivity index (χ0v) is 15.5. The highest BCUT2D eigenvalue weighted by Crippen LogP contribution is 2.33. The molecule has 160 valence electrons. The van der Waals surface area contributed by atoms with Crippen LogP contribution in [0.3, 0.4) is 0 Å². The number of hydrogen-bond donors (Lipinski definition) is 5. The Morgan fingerprint density at radius 2 is 1.96 bits per heavy atom. The smallest absolute Gasteiger partial charge is 0.394 e. The minimum absolute atomic E-state index is 0.0376. The van der Waals surface area contributed by atoms with Crippen molar-refractivity contribution in [1.82, 2.24) is 5.32 Å². The molecular weight excluding hydrogens is 402 g/mol. The van der Waals surface area contributed by atoms with Gasteiger partial charge in [-0.3, -0.25) is 9.35 Å². The molecule has 3 rings (SSSR count). The second-order valence-electron chi connectivity index (χ2n) is 6.72. The van der Waals surface area contributed by atoms with Crippen molar-refractivity contribution < 1.29 is 51.5 Å². The molecule has 0 aromatic rings. The van der Waals surface area contributed by atoms with E-state index in [0.29, 0.717) is 6.42 Å². The highest BCUT2D eigenvalue weighted by Gasteiger charge is 2.47. The van der Waals surface area contributed by atoms with Crippen LogP contribution in [-0.2, 0) is 33.6 Å². The SMILES string of the molecule is O=C(NCCO[C@@H]1O[C@H](CO)[C@H](O)[C@H](OS(=O)(=O)O)[C@H]1O)[C@H]1C[C@@H]2C=C[C@H]1O2. The number of rotatable bonds is 8. The Hall–Kier alpha value is -1.16. The van der Waals surface area contributed by atoms with Gasteiger partial charge in [0, 0.05) is 6.54 Å². The molecule has 8 atom stereocenters. The number of aliphatic hydroxyl groups is 3. The summed E-state index contributed by atoms with van der Waals surface area (Å²) in [7, 11) is -4.98. The summed E-state index contributed by atoms with van der Waals surface area (Å²) < 4.78 is 50.9. The van der Waals surface area contributed by atoms with E-state index in [1.165, 1.54) is 0 Å². The van der Waals surface area contributed by atoms with E-state index in [1.807, 2.05) is 12.2 Å². The van der Waals surface area contributed by atoms with Gasteiger partial charge in [-0.2, -0.15) is 8.42 Å². The highest BCUT2D eigenvalue weighted by atomic mass is 32.3. The van der Waals surface area contributed by atoms with Crippen LogP contribution in [-0.4, -0.2) is 96.9 Å². The summed E-state index contributed by atoms with van der Waals surface area (Å²) in [5, 5.41) is 31.9. The molecule has 0 aromatic heterocycles. The highest BCUT2D eigenvalue weighted by molar-refractivity contribution is 7.80. The molecule has 0 aliphatic carbocycles. The van der Waals surface area contributed by atoms with Gasteiger partial charge in [-0.25, -0.2) is 4.18 Å². The van der Waals surface area contributed by atoms with Crippen LogP contribution in [0.25, 0.3) is 0 Å². The van der Waals surface area contributed by atoms with Crippen LogP contribution in [0.2, 0.25) is 0 Å². The first-order valence-corrected chi connectivity index (χ1v) is 10.1. The molecule has 3 aliphatic heterocycles. The molecule has 12 nitrogen and oxygen atoms in total. The second-order valence-corrected chi connectivity index (χ2v) is 7.77. The first-order chi connectivity index (χ1) is 13.2. The number of carbonyl (C=O) groups excluding carboxylic acids is 1. The van der Waals surface area contributed by atoms with E-state index >= 15 is 0 Å². The Kier molecular flexibility index (Phi) is 6.69. The van der Waals surface area contributed by atoms with Gasteiger partial charge in [-0.05, 0) is 6.42 Å². The number of fused-ring (bicyclic) bond motifs is 2. The molecule has 0 spiro atoms. The summed E-state index contributed by atoms with van der Waals surface area (Å²) in [4.78, 5) is 12.2. The van der Waals surface area contributed by atoms with Gasteiger partial charge in [-0.15, -0.1) is 0 Å². The number of amides is 1. The predicted octanol–water partition coefficient (Wildman–Crippen LogP) is -2.91. The van der Waals surface area contributed by atoms with Crippen LogP contribution in [0.15, 0.2) is 12.2 Å². The Morgan fingerprint density at radius 1 is 1.21 bits per heavy atom. The fraction of sp³-hybridized carbons (Fsp3) is 0.800. The van der Waals surface area contributed by atoms with Crippen LogP contribution in [0, 0.1) is 5.92 Å². The molecule has 13 heteroatoms. The normalized spacial score (nSPS) is 40.0. The van der Waals surface area contributed by atoms with E-state index in [0.717, 1.165) is 0 Å². The van der Waals surface area contributed by atoms with Gasteiger partial charge in [0.2, 0.25) is 5.91 Å². The Bertz CT molecular complexity index is 698. The van der Waals surface area contributed by atoms with Gasteiger partial charge in [-0.1, -0.05) is 12.2 Å². The predicted molar refractivity (Wildman–Crippen MR) is 89.1 cm³/mol. The fourth-order valence-corrected chi connectivity index (χ4v) is 3.96. The van der Waals surface area contributed by atoms with Gasteiger partial charge < -0.3 is 34.8 Å². The topological polar surface area (TPSA) is 181 Å². The molecule has 0 radical (unpaired) electrons. The summed E-state index contributed by atoms with van der Waals surface area (Å²) in [6, 6.07) is 0. The molecule has 1 amide bonds. The average molecular weight is 425 g/mol. The fourth-order valence-electron chi connectivity index (χ4n) is 3.45. The molecule has 2 fully saturated rings. The van der Waals surface area contributed by atoms with E-state index in [9.17, 15) is 28.5 Å². The van der Waals surface area contributed by atoms with Gasteiger partial charge in [0.05, 0.1) is 31.3 Å². The molecule has 0 unspecified atom stereocenters. The van der Waals surface area contributed by atoms with Crippen LogP contribution in [0.4, 0.5) is 0 Å². The van der Waals surface area contributed by atoms with E-state index in [1.54, 1.807) is 0 Å². The lowest BCUT2D eigenvalue weighted by Gasteiger charge is -2.40. The molecule has 28 heavy (non-hydrogen) atoms. The monoisotopic (exact) mass is 425 g/mol. The van der Waals surface area contributed by atoms with E-state index < -0.39 is 47.7 Å². The zero-order valence-electron chi connectivity index (χ0n) is 14.7. The van der Waals surface area contributed by atoms with Crippen molar-refractivity contribution in [3.05, 3.63) is 12.2 Å². The Labute approximate surface area is 161 Å². The Balaban J connectivity index is 1.48. The van der Waals surface area contributed by atoms with Crippen molar-refractivity contribution >= 4 is 16.3 Å². The summed E-state index contributed by atoms with van der Waals surface area (Å²) in [5.41, 5.74) is 0. The third-order valence-electron chi connectivity index (χ3n) is 4.80. The van der Waals surface area contributed by atoms with Crippen LogP contribution < -0.4 is 5.32 Å². The first-order valence-electron chi connectivity index (χ1n) is 8.71.